The fourth-order valence-corrected chi connectivity index (χ4v) is 3.19. The summed E-state index contributed by atoms with van der Waals surface area (Å²) in [6.07, 6.45) is 4.02. The maximum absolute atomic E-state index is 5.80. The maximum Gasteiger partial charge on any atom is 0.122 e. The Balaban J connectivity index is 1.84. The van der Waals surface area contributed by atoms with E-state index in [1.807, 2.05) is 37.0 Å². The number of para-hydroxylation sites is 1. The fourth-order valence-electron chi connectivity index (χ4n) is 3.19. The third-order valence-electron chi connectivity index (χ3n) is 4.23. The molecule has 3 N–H and O–H groups in total. The van der Waals surface area contributed by atoms with E-state index in [4.69, 9.17) is 10.6 Å². The second kappa shape index (κ2) is 5.87. The predicted molar refractivity (Wildman–Crippen MR) is 81.9 cm³/mol. The molecular formula is C16H22N4O. The van der Waals surface area contributed by atoms with Crippen LogP contribution < -0.4 is 16.0 Å². The lowest BCUT2D eigenvalue weighted by atomic mass is 9.86. The highest BCUT2D eigenvalue weighted by Gasteiger charge is 2.26. The number of nitrogens with zero attached hydrogens (tertiary/aromatic N) is 2. The molecule has 0 amide bonds. The number of fused-ring (bicyclic) bond motifs is 1. The van der Waals surface area contributed by atoms with Crippen LogP contribution in [0.3, 0.4) is 0 Å². The highest BCUT2D eigenvalue weighted by molar-refractivity contribution is 5.38. The number of hydrazine groups is 1. The van der Waals surface area contributed by atoms with Crippen molar-refractivity contribution in [1.29, 1.82) is 0 Å². The Kier molecular flexibility index (Phi) is 3.94. The van der Waals surface area contributed by atoms with Crippen LogP contribution in [0.1, 0.15) is 41.6 Å². The van der Waals surface area contributed by atoms with Gasteiger partial charge in [-0.2, -0.15) is 5.10 Å². The number of nitrogens with one attached hydrogen (secondary N) is 1. The molecule has 0 radical (unpaired) electrons. The van der Waals surface area contributed by atoms with Gasteiger partial charge in [0.1, 0.15) is 5.75 Å². The third kappa shape index (κ3) is 2.80. The number of nitrogens with two attached hydrogens (primary N) is 1. The van der Waals surface area contributed by atoms with Crippen LogP contribution in [0.2, 0.25) is 0 Å². The van der Waals surface area contributed by atoms with Gasteiger partial charge in [-0.05, 0) is 37.3 Å². The Bertz CT molecular complexity index is 622. The first-order chi connectivity index (χ1) is 10.2. The van der Waals surface area contributed by atoms with Gasteiger partial charge in [-0.1, -0.05) is 18.2 Å². The molecule has 0 aliphatic carbocycles. The molecule has 2 atom stereocenters. The van der Waals surface area contributed by atoms with Crippen LogP contribution in [0, 0.1) is 6.92 Å². The first kappa shape index (κ1) is 14.1. The van der Waals surface area contributed by atoms with Crippen molar-refractivity contribution in [3.8, 4) is 5.75 Å². The summed E-state index contributed by atoms with van der Waals surface area (Å²) in [4.78, 5) is 0. The van der Waals surface area contributed by atoms with E-state index in [-0.39, 0.29) is 6.04 Å². The van der Waals surface area contributed by atoms with Gasteiger partial charge in [0.15, 0.2) is 0 Å². The molecule has 2 heterocycles. The predicted octanol–water partition coefficient (Wildman–Crippen LogP) is 2.19. The molecule has 5 heteroatoms. The van der Waals surface area contributed by atoms with Crippen LogP contribution in [-0.4, -0.2) is 16.4 Å². The smallest absolute Gasteiger partial charge is 0.122 e. The summed E-state index contributed by atoms with van der Waals surface area (Å²) < 4.78 is 7.57. The van der Waals surface area contributed by atoms with Gasteiger partial charge in [0, 0.05) is 24.8 Å². The Labute approximate surface area is 125 Å². The molecule has 5 nitrogen and oxygen atoms in total. The molecule has 0 saturated heterocycles. The first-order valence-electron chi connectivity index (χ1n) is 7.37. The highest BCUT2D eigenvalue weighted by atomic mass is 16.5. The van der Waals surface area contributed by atoms with Gasteiger partial charge in [0.2, 0.25) is 0 Å². The highest BCUT2D eigenvalue weighted by Crippen LogP contribution is 2.38. The van der Waals surface area contributed by atoms with Crippen molar-refractivity contribution < 1.29 is 4.74 Å². The zero-order valence-corrected chi connectivity index (χ0v) is 12.5. The second-order valence-corrected chi connectivity index (χ2v) is 5.67. The van der Waals surface area contributed by atoms with Crippen LogP contribution >= 0.6 is 0 Å². The van der Waals surface area contributed by atoms with Gasteiger partial charge in [-0.25, -0.2) is 0 Å². The monoisotopic (exact) mass is 286 g/mol. The number of aromatic nitrogens is 2. The Morgan fingerprint density at radius 3 is 3.00 bits per heavy atom. The Hall–Kier alpha value is -1.85. The SMILES string of the molecule is Cc1nn(C)cc1C(CC1CCOc2ccccc21)NN. The van der Waals surface area contributed by atoms with Crippen molar-refractivity contribution in [2.45, 2.75) is 31.7 Å². The summed E-state index contributed by atoms with van der Waals surface area (Å²) in [5.74, 6) is 7.26. The zero-order valence-electron chi connectivity index (χ0n) is 12.5. The molecule has 2 unspecified atom stereocenters. The van der Waals surface area contributed by atoms with Crippen molar-refractivity contribution in [2.75, 3.05) is 6.61 Å². The van der Waals surface area contributed by atoms with Gasteiger partial charge in [0.25, 0.3) is 0 Å². The average molecular weight is 286 g/mol. The largest absolute Gasteiger partial charge is 0.493 e. The summed E-state index contributed by atoms with van der Waals surface area (Å²) in [5, 5.41) is 4.41. The van der Waals surface area contributed by atoms with E-state index in [1.165, 1.54) is 11.1 Å². The number of benzene rings is 1. The zero-order chi connectivity index (χ0) is 14.8. The van der Waals surface area contributed by atoms with E-state index in [0.29, 0.717) is 5.92 Å². The summed E-state index contributed by atoms with van der Waals surface area (Å²) >= 11 is 0. The number of hydrogen-bond donors (Lipinski definition) is 2. The molecule has 0 bridgehead atoms. The minimum absolute atomic E-state index is 0.106. The fraction of sp³-hybridized carbons (Fsp3) is 0.438. The maximum atomic E-state index is 5.80. The van der Waals surface area contributed by atoms with Crippen LogP contribution in [-0.2, 0) is 7.05 Å². The van der Waals surface area contributed by atoms with E-state index in [1.54, 1.807) is 0 Å². The standard InChI is InChI=1S/C16H22N4O/c1-11-14(10-20(2)19-11)15(18-17)9-12-7-8-21-16-6-4-3-5-13(12)16/h3-6,10,12,15,18H,7-9,17H2,1-2H3. The number of aryl methyl sites for hydroxylation is 2. The van der Waals surface area contributed by atoms with Crippen LogP contribution in [0.5, 0.6) is 5.75 Å². The van der Waals surface area contributed by atoms with Crippen molar-refractivity contribution >= 4 is 0 Å². The Morgan fingerprint density at radius 1 is 1.48 bits per heavy atom. The first-order valence-corrected chi connectivity index (χ1v) is 7.37. The Morgan fingerprint density at radius 2 is 2.29 bits per heavy atom. The van der Waals surface area contributed by atoms with E-state index in [9.17, 15) is 0 Å². The molecule has 1 aromatic heterocycles. The van der Waals surface area contributed by atoms with Gasteiger partial charge < -0.3 is 4.74 Å². The number of ether oxygens (including phenoxy) is 1. The summed E-state index contributed by atoms with van der Waals surface area (Å²) in [5.41, 5.74) is 6.44. The summed E-state index contributed by atoms with van der Waals surface area (Å²) in [6.45, 7) is 2.79. The molecular weight excluding hydrogens is 264 g/mol. The van der Waals surface area contributed by atoms with E-state index in [2.05, 4.69) is 22.7 Å². The molecule has 3 rings (SSSR count). The van der Waals surface area contributed by atoms with Crippen molar-refractivity contribution in [1.82, 2.24) is 15.2 Å². The van der Waals surface area contributed by atoms with Gasteiger partial charge in [-0.3, -0.25) is 16.0 Å². The van der Waals surface area contributed by atoms with Gasteiger partial charge in [-0.15, -0.1) is 0 Å². The number of hydrogen-bond acceptors (Lipinski definition) is 4. The van der Waals surface area contributed by atoms with Crippen molar-refractivity contribution in [3.63, 3.8) is 0 Å². The minimum atomic E-state index is 0.106. The molecule has 112 valence electrons. The van der Waals surface area contributed by atoms with Crippen molar-refractivity contribution in [3.05, 3.63) is 47.3 Å². The number of rotatable bonds is 4. The molecule has 1 aromatic carbocycles. The van der Waals surface area contributed by atoms with Crippen LogP contribution in [0.15, 0.2) is 30.5 Å². The summed E-state index contributed by atoms with van der Waals surface area (Å²) in [6, 6.07) is 8.39. The normalized spacial score (nSPS) is 18.9. The quantitative estimate of drug-likeness (QED) is 0.668. The second-order valence-electron chi connectivity index (χ2n) is 5.67. The van der Waals surface area contributed by atoms with Crippen LogP contribution in [0.4, 0.5) is 0 Å². The molecule has 1 aliphatic rings. The molecule has 0 saturated carbocycles. The van der Waals surface area contributed by atoms with Crippen LogP contribution in [0.25, 0.3) is 0 Å². The van der Waals surface area contributed by atoms with E-state index >= 15 is 0 Å². The van der Waals surface area contributed by atoms with E-state index in [0.717, 1.165) is 30.9 Å². The average Bonchev–Trinajstić information content (AvgIpc) is 2.83. The molecule has 2 aromatic rings. The lowest BCUT2D eigenvalue weighted by molar-refractivity contribution is 0.255. The topological polar surface area (TPSA) is 65.1 Å². The van der Waals surface area contributed by atoms with Crippen molar-refractivity contribution in [2.24, 2.45) is 12.9 Å². The van der Waals surface area contributed by atoms with E-state index < -0.39 is 0 Å². The summed E-state index contributed by atoms with van der Waals surface area (Å²) in [7, 11) is 1.94. The lowest BCUT2D eigenvalue weighted by Crippen LogP contribution is -2.30. The lowest BCUT2D eigenvalue weighted by Gasteiger charge is -2.28. The van der Waals surface area contributed by atoms with Gasteiger partial charge >= 0.3 is 0 Å². The molecule has 0 fully saturated rings. The van der Waals surface area contributed by atoms with Gasteiger partial charge in [0.05, 0.1) is 12.3 Å². The molecule has 0 spiro atoms. The third-order valence-corrected chi connectivity index (χ3v) is 4.23. The minimum Gasteiger partial charge on any atom is -0.493 e. The molecule has 1 aliphatic heterocycles. The molecule has 21 heavy (non-hydrogen) atoms.